The lowest BCUT2D eigenvalue weighted by atomic mass is 10.0. The number of carbonyl (C=O) groups excluding carboxylic acids is 2. The highest BCUT2D eigenvalue weighted by atomic mass is 19.4. The van der Waals surface area contributed by atoms with Crippen LogP contribution in [0.15, 0.2) is 78.9 Å². The van der Waals surface area contributed by atoms with Crippen LogP contribution in [0, 0.1) is 5.41 Å². The minimum atomic E-state index is -5.08. The van der Waals surface area contributed by atoms with Gasteiger partial charge in [0.15, 0.2) is 0 Å². The summed E-state index contributed by atoms with van der Waals surface area (Å²) in [6.07, 6.45) is -7.26. The molecule has 3 aromatic rings. The molecule has 52 heavy (non-hydrogen) atoms. The number of halogens is 6. The van der Waals surface area contributed by atoms with Gasteiger partial charge in [-0.15, -0.1) is 0 Å². The fourth-order valence-corrected chi connectivity index (χ4v) is 4.09. The number of phenolic OH excluding ortho intramolecular Hbond substituents is 1. The molecule has 0 saturated carbocycles. The molecule has 0 aliphatic rings. The molecule has 0 spiro atoms. The van der Waals surface area contributed by atoms with E-state index >= 15 is 0 Å². The van der Waals surface area contributed by atoms with Gasteiger partial charge in [0.05, 0.1) is 6.04 Å². The lowest BCUT2D eigenvalue weighted by Crippen LogP contribution is -2.51. The van der Waals surface area contributed by atoms with Gasteiger partial charge in [0, 0.05) is 12.1 Å². The van der Waals surface area contributed by atoms with Crippen LogP contribution in [0.1, 0.15) is 42.0 Å². The number of aromatic hydroxyl groups is 1. The van der Waals surface area contributed by atoms with Crippen LogP contribution in [-0.2, 0) is 38.6 Å². The van der Waals surface area contributed by atoms with Crippen LogP contribution >= 0.6 is 0 Å². The smallest absolute Gasteiger partial charge is 0.490 e. The van der Waals surface area contributed by atoms with Crippen LogP contribution in [0.5, 0.6) is 5.75 Å². The maximum Gasteiger partial charge on any atom is 0.490 e. The van der Waals surface area contributed by atoms with Crippen LogP contribution in [0.3, 0.4) is 0 Å². The maximum absolute atomic E-state index is 13.1. The van der Waals surface area contributed by atoms with Gasteiger partial charge in [0.25, 0.3) is 0 Å². The summed E-state index contributed by atoms with van der Waals surface area (Å²) >= 11 is 0. The number of nitrogens with one attached hydrogen (secondary N) is 4. The van der Waals surface area contributed by atoms with Gasteiger partial charge in [0.1, 0.15) is 17.6 Å². The number of nitrogen functional groups attached to an aromatic ring is 1. The number of alkyl halides is 6. The minimum Gasteiger partial charge on any atom is -0.508 e. The Morgan fingerprint density at radius 2 is 1.31 bits per heavy atom. The van der Waals surface area contributed by atoms with Gasteiger partial charge in [-0.05, 0) is 68.0 Å². The Balaban J connectivity index is 0.000000812. The molecular formula is C34H39F6N5O7. The van der Waals surface area contributed by atoms with E-state index in [1.165, 1.54) is 0 Å². The number of hydrogen-bond donors (Lipinski definition) is 8. The standard InChI is InChI=1S/C30H37N5O3.2C2HF3O2/c1-21(29(37)34-20-24-12-15-25(16-13-24)28(31)32)35-30(38)27(17-14-22-7-3-2-4-8-22)33-18-6-10-23-9-5-11-26(36)19-23;2*3-2(4,5)1(6)7/h2-5,7-9,11-13,15-16,19,21,27,33,36H,6,10,14,17-18,20H2,1H3,(H3,31,32)(H,34,37)(H,35,38);2*(H,6,7)/t21-,27+;;/m0../s1. The number of phenols is 1. The normalized spacial score (nSPS) is 12.1. The number of carboxylic acids is 2. The van der Waals surface area contributed by atoms with Gasteiger partial charge in [0.2, 0.25) is 11.8 Å². The lowest BCUT2D eigenvalue weighted by Gasteiger charge is -2.21. The lowest BCUT2D eigenvalue weighted by molar-refractivity contribution is -0.193. The average Bonchev–Trinajstić information content (AvgIpc) is 3.07. The highest BCUT2D eigenvalue weighted by Crippen LogP contribution is 2.14. The summed E-state index contributed by atoms with van der Waals surface area (Å²) in [7, 11) is 0. The van der Waals surface area contributed by atoms with Crippen molar-refractivity contribution in [2.24, 2.45) is 5.73 Å². The van der Waals surface area contributed by atoms with E-state index in [0.717, 1.165) is 36.0 Å². The predicted molar refractivity (Wildman–Crippen MR) is 177 cm³/mol. The van der Waals surface area contributed by atoms with E-state index in [-0.39, 0.29) is 23.4 Å². The Kier molecular flexibility index (Phi) is 18.4. The fraction of sp³-hybridized carbons (Fsp3) is 0.324. The van der Waals surface area contributed by atoms with E-state index in [0.29, 0.717) is 25.1 Å². The van der Waals surface area contributed by atoms with Crippen molar-refractivity contribution in [2.75, 3.05) is 6.54 Å². The van der Waals surface area contributed by atoms with E-state index in [1.807, 2.05) is 42.5 Å². The molecule has 12 nitrogen and oxygen atoms in total. The number of nitrogens with two attached hydrogens (primary N) is 1. The molecule has 9 N–H and O–H groups in total. The second-order valence-corrected chi connectivity index (χ2v) is 11.0. The van der Waals surface area contributed by atoms with Gasteiger partial charge in [-0.2, -0.15) is 26.3 Å². The molecule has 0 radical (unpaired) electrons. The molecule has 2 amide bonds. The fourth-order valence-electron chi connectivity index (χ4n) is 4.09. The maximum atomic E-state index is 13.1. The Morgan fingerprint density at radius 3 is 1.81 bits per heavy atom. The van der Waals surface area contributed by atoms with Crippen molar-refractivity contribution in [2.45, 2.75) is 63.6 Å². The number of rotatable bonds is 14. The first-order chi connectivity index (χ1) is 24.2. The summed E-state index contributed by atoms with van der Waals surface area (Å²) in [5.41, 5.74) is 9.16. The number of benzene rings is 3. The van der Waals surface area contributed by atoms with E-state index in [4.69, 9.17) is 30.9 Å². The largest absolute Gasteiger partial charge is 0.508 e. The van der Waals surface area contributed by atoms with E-state index in [1.54, 1.807) is 43.3 Å². The average molecular weight is 744 g/mol. The van der Waals surface area contributed by atoms with Crippen molar-refractivity contribution in [3.63, 3.8) is 0 Å². The Morgan fingerprint density at radius 1 is 0.769 bits per heavy atom. The number of hydrogen-bond acceptors (Lipinski definition) is 7. The molecule has 0 aromatic heterocycles. The molecule has 18 heteroatoms. The topological polar surface area (TPSA) is 215 Å². The molecular weight excluding hydrogens is 704 g/mol. The first-order valence-electron chi connectivity index (χ1n) is 15.4. The molecule has 0 aliphatic heterocycles. The van der Waals surface area contributed by atoms with E-state index in [2.05, 4.69) is 16.0 Å². The van der Waals surface area contributed by atoms with E-state index in [9.17, 15) is 41.0 Å². The highest BCUT2D eigenvalue weighted by molar-refractivity contribution is 5.95. The molecule has 0 unspecified atom stereocenters. The third-order valence-electron chi connectivity index (χ3n) is 6.79. The summed E-state index contributed by atoms with van der Waals surface area (Å²) in [6.45, 7) is 2.60. The first kappa shape index (κ1) is 44.4. The molecule has 3 rings (SSSR count). The highest BCUT2D eigenvalue weighted by Gasteiger charge is 2.38. The summed E-state index contributed by atoms with van der Waals surface area (Å²) in [6, 6.07) is 23.1. The van der Waals surface area contributed by atoms with Gasteiger partial charge >= 0.3 is 24.3 Å². The van der Waals surface area contributed by atoms with Gasteiger partial charge in [-0.25, -0.2) is 9.59 Å². The van der Waals surface area contributed by atoms with Gasteiger partial charge < -0.3 is 37.0 Å². The van der Waals surface area contributed by atoms with Crippen molar-refractivity contribution < 1.29 is 60.8 Å². The number of amidine groups is 1. The Labute approximate surface area is 294 Å². The zero-order chi connectivity index (χ0) is 39.5. The van der Waals surface area contributed by atoms with E-state index < -0.39 is 36.4 Å². The number of aliphatic carboxylic acids is 2. The molecule has 2 atom stereocenters. The predicted octanol–water partition coefficient (Wildman–Crippen LogP) is 4.29. The van der Waals surface area contributed by atoms with Crippen LogP contribution in [0.25, 0.3) is 0 Å². The third kappa shape index (κ3) is 18.4. The second kappa shape index (κ2) is 21.5. The molecule has 0 aliphatic carbocycles. The Hall–Kier alpha value is -5.65. The molecule has 0 bridgehead atoms. The second-order valence-electron chi connectivity index (χ2n) is 11.0. The molecule has 284 valence electrons. The van der Waals surface area contributed by atoms with Crippen molar-refractivity contribution in [3.05, 3.63) is 101 Å². The van der Waals surface area contributed by atoms with Crippen molar-refractivity contribution in [3.8, 4) is 5.75 Å². The molecule has 3 aromatic carbocycles. The van der Waals surface area contributed by atoms with Crippen LogP contribution < -0.4 is 21.7 Å². The Bertz CT molecular complexity index is 1580. The number of carbonyl (C=O) groups is 4. The third-order valence-corrected chi connectivity index (χ3v) is 6.79. The monoisotopic (exact) mass is 743 g/mol. The quantitative estimate of drug-likeness (QED) is 0.0511. The van der Waals surface area contributed by atoms with Crippen molar-refractivity contribution in [1.29, 1.82) is 5.41 Å². The number of aryl methyl sites for hydroxylation is 2. The van der Waals surface area contributed by atoms with Gasteiger partial charge in [-0.3, -0.25) is 15.0 Å². The summed E-state index contributed by atoms with van der Waals surface area (Å²) < 4.78 is 63.5. The van der Waals surface area contributed by atoms with Crippen LogP contribution in [-0.4, -0.2) is 75.9 Å². The molecule has 0 fully saturated rings. The van der Waals surface area contributed by atoms with Gasteiger partial charge in [-0.1, -0.05) is 66.7 Å². The van der Waals surface area contributed by atoms with Crippen LogP contribution in [0.4, 0.5) is 26.3 Å². The molecule has 0 heterocycles. The number of amides is 2. The summed E-state index contributed by atoms with van der Waals surface area (Å²) in [5, 5.41) is 40.4. The first-order valence-corrected chi connectivity index (χ1v) is 15.4. The van der Waals surface area contributed by atoms with Crippen LogP contribution in [0.2, 0.25) is 0 Å². The zero-order valence-electron chi connectivity index (χ0n) is 27.7. The summed E-state index contributed by atoms with van der Waals surface area (Å²) in [5.74, 6) is -5.77. The van der Waals surface area contributed by atoms with Crippen molar-refractivity contribution in [1.82, 2.24) is 16.0 Å². The van der Waals surface area contributed by atoms with Crippen molar-refractivity contribution >= 4 is 29.6 Å². The SMILES string of the molecule is C[C@H](NC(=O)[C@@H](CCc1ccccc1)NCCCc1cccc(O)c1)C(=O)NCc1ccc(C(=N)N)cc1.O=C(O)C(F)(F)F.O=C(O)C(F)(F)F. The zero-order valence-corrected chi connectivity index (χ0v) is 27.7. The molecule has 0 saturated heterocycles. The number of carboxylic acid groups (broad SMARTS) is 2. The summed E-state index contributed by atoms with van der Waals surface area (Å²) in [4.78, 5) is 43.6. The minimum absolute atomic E-state index is 0.00767.